The molecule has 3 aliphatic carbocycles. The molecule has 0 fully saturated rings. The highest BCUT2D eigenvalue weighted by molar-refractivity contribution is 6.14. The number of aliphatic hydroxyl groups is 3. The average molecular weight is 507 g/mol. The second-order valence-corrected chi connectivity index (χ2v) is 10.3. The Kier molecular flexibility index (Phi) is 5.80. The van der Waals surface area contributed by atoms with Gasteiger partial charge < -0.3 is 30.9 Å². The number of primary amides is 1. The van der Waals surface area contributed by atoms with Gasteiger partial charge in [-0.2, -0.15) is 0 Å². The first-order valence-corrected chi connectivity index (χ1v) is 12.1. The number of nitrogens with two attached hydrogens (primary N) is 1. The molecule has 0 spiro atoms. The number of amides is 1. The number of fused-ring (bicyclic) bond motifs is 3. The molecule has 0 radical (unpaired) electrons. The number of aromatic hydroxyl groups is 1. The lowest BCUT2D eigenvalue weighted by molar-refractivity contribution is -0.118. The van der Waals surface area contributed by atoms with Gasteiger partial charge in [0, 0.05) is 17.9 Å². The number of phenolic OH excluding ortho intramolecular Hbond substituents is 1. The van der Waals surface area contributed by atoms with Gasteiger partial charge in [-0.05, 0) is 67.7 Å². The van der Waals surface area contributed by atoms with Crippen LogP contribution in [0.25, 0.3) is 11.1 Å². The van der Waals surface area contributed by atoms with Gasteiger partial charge in [0.05, 0.1) is 24.3 Å². The van der Waals surface area contributed by atoms with Crippen molar-refractivity contribution in [2.45, 2.75) is 30.9 Å². The number of phenols is 1. The molecule has 0 saturated carbocycles. The summed E-state index contributed by atoms with van der Waals surface area (Å²) in [5.74, 6) is -2.95. The fourth-order valence-corrected chi connectivity index (χ4v) is 6.37. The van der Waals surface area contributed by atoms with Crippen molar-refractivity contribution in [3.63, 3.8) is 0 Å². The molecule has 6 N–H and O–H groups in total. The highest BCUT2D eigenvalue weighted by atomic mass is 16.5. The Morgan fingerprint density at radius 1 is 1.11 bits per heavy atom. The molecule has 0 aromatic heterocycles. The molecule has 9 nitrogen and oxygen atoms in total. The van der Waals surface area contributed by atoms with Gasteiger partial charge >= 0.3 is 0 Å². The van der Waals surface area contributed by atoms with Crippen LogP contribution < -0.4 is 10.5 Å². The topological polar surface area (TPSA) is 154 Å². The summed E-state index contributed by atoms with van der Waals surface area (Å²) >= 11 is 0. The van der Waals surface area contributed by atoms with Gasteiger partial charge in [0.2, 0.25) is 5.91 Å². The zero-order valence-corrected chi connectivity index (χ0v) is 20.9. The van der Waals surface area contributed by atoms with Gasteiger partial charge in [0.25, 0.3) is 0 Å². The van der Waals surface area contributed by atoms with Gasteiger partial charge in [0.15, 0.2) is 5.78 Å². The monoisotopic (exact) mass is 506 g/mol. The van der Waals surface area contributed by atoms with Crippen molar-refractivity contribution in [3.8, 4) is 22.6 Å². The smallest absolute Gasteiger partial charge is 0.248 e. The summed E-state index contributed by atoms with van der Waals surface area (Å²) in [4.78, 5) is 27.6. The molecule has 0 heterocycles. The first-order valence-electron chi connectivity index (χ1n) is 12.1. The lowest BCUT2D eigenvalue weighted by atomic mass is 9.59. The lowest BCUT2D eigenvalue weighted by Crippen LogP contribution is -2.59. The summed E-state index contributed by atoms with van der Waals surface area (Å²) in [5, 5.41) is 44.8. The van der Waals surface area contributed by atoms with Crippen molar-refractivity contribution >= 4 is 11.7 Å². The highest BCUT2D eigenvalue weighted by Gasteiger charge is 2.58. The molecule has 2 aromatic carbocycles. The molecule has 194 valence electrons. The average Bonchev–Trinajstić information content (AvgIpc) is 2.85. The largest absolute Gasteiger partial charge is 0.510 e. The van der Waals surface area contributed by atoms with Crippen LogP contribution in [0.1, 0.15) is 28.8 Å². The number of aliphatic hydroxyl groups excluding tert-OH is 2. The number of carbonyl (C=O) groups excluding carboxylic acids is 2. The molecule has 9 heteroatoms. The van der Waals surface area contributed by atoms with Gasteiger partial charge in [-0.15, -0.1) is 0 Å². The minimum absolute atomic E-state index is 0.0242. The summed E-state index contributed by atoms with van der Waals surface area (Å²) in [6.07, 6.45) is 0.178. The van der Waals surface area contributed by atoms with Crippen molar-refractivity contribution < 1.29 is 34.8 Å². The lowest BCUT2D eigenvalue weighted by Gasteiger charge is -2.51. The normalized spacial score (nSPS) is 27.1. The number of hydrogen-bond donors (Lipinski definition) is 5. The number of carbonyl (C=O) groups is 2. The van der Waals surface area contributed by atoms with E-state index in [4.69, 9.17) is 10.5 Å². The molecule has 5 rings (SSSR count). The first kappa shape index (κ1) is 24.9. The summed E-state index contributed by atoms with van der Waals surface area (Å²) < 4.78 is 5.25. The summed E-state index contributed by atoms with van der Waals surface area (Å²) in [5.41, 5.74) is 5.69. The number of benzene rings is 2. The van der Waals surface area contributed by atoms with Crippen LogP contribution >= 0.6 is 0 Å². The van der Waals surface area contributed by atoms with E-state index in [2.05, 4.69) is 0 Å². The Hall–Kier alpha value is -3.82. The van der Waals surface area contributed by atoms with E-state index in [0.717, 1.165) is 11.1 Å². The van der Waals surface area contributed by atoms with E-state index in [1.807, 2.05) is 24.3 Å². The number of hydrogen-bond acceptors (Lipinski definition) is 8. The summed E-state index contributed by atoms with van der Waals surface area (Å²) in [6.45, 7) is 0. The van der Waals surface area contributed by atoms with Crippen LogP contribution in [-0.4, -0.2) is 69.9 Å². The maximum Gasteiger partial charge on any atom is 0.248 e. The molecule has 0 saturated heterocycles. The Labute approximate surface area is 214 Å². The maximum atomic E-state index is 13.8. The van der Waals surface area contributed by atoms with Crippen molar-refractivity contribution in [2.75, 3.05) is 21.2 Å². The number of ketones is 1. The Morgan fingerprint density at radius 3 is 2.38 bits per heavy atom. The SMILES string of the molecule is COc1ccc(-c2ccc(O)c3c2CC2CC4C(N(C)C)C(O)=C(C(N)=O)CC4(O)C(O)=C2C3=O)cc1. The third-order valence-corrected chi connectivity index (χ3v) is 8.11. The fourth-order valence-electron chi connectivity index (χ4n) is 6.37. The van der Waals surface area contributed by atoms with Gasteiger partial charge in [0.1, 0.15) is 28.6 Å². The number of allylic oxidation sites excluding steroid dienone is 1. The minimum atomic E-state index is -1.98. The standard InChI is InChI=1S/C28H30N2O7/c1-30(2)23-19-11-14-10-17-16(13-4-6-15(37-3)7-5-13)8-9-20(31)22(17)25(33)21(14)26(34)28(19,36)12-18(24(23)32)27(29)35/h4-9,14,19,23,31-32,34,36H,10-12H2,1-3H3,(H2,29,35). The molecule has 4 unspecified atom stereocenters. The molecule has 0 bridgehead atoms. The number of nitrogens with zero attached hydrogens (tertiary/aromatic N) is 1. The van der Waals surface area contributed by atoms with E-state index >= 15 is 0 Å². The van der Waals surface area contributed by atoms with Gasteiger partial charge in [-0.1, -0.05) is 18.2 Å². The van der Waals surface area contributed by atoms with E-state index in [-0.39, 0.29) is 34.6 Å². The van der Waals surface area contributed by atoms with Crippen LogP contribution in [-0.2, 0) is 11.2 Å². The molecular weight excluding hydrogens is 476 g/mol. The minimum Gasteiger partial charge on any atom is -0.510 e. The van der Waals surface area contributed by atoms with Gasteiger partial charge in [-0.25, -0.2) is 0 Å². The molecule has 0 aliphatic heterocycles. The molecule has 2 aromatic rings. The van der Waals surface area contributed by atoms with Crippen LogP contribution in [0.2, 0.25) is 0 Å². The molecule has 4 atom stereocenters. The maximum absolute atomic E-state index is 13.8. The zero-order valence-electron chi connectivity index (χ0n) is 20.9. The van der Waals surface area contributed by atoms with E-state index in [1.165, 1.54) is 6.07 Å². The Morgan fingerprint density at radius 2 is 1.78 bits per heavy atom. The van der Waals surface area contributed by atoms with Crippen molar-refractivity contribution in [1.29, 1.82) is 0 Å². The second kappa shape index (κ2) is 8.64. The molecule has 1 amide bonds. The van der Waals surface area contributed by atoms with Gasteiger partial charge in [-0.3, -0.25) is 14.5 Å². The summed E-state index contributed by atoms with van der Waals surface area (Å²) in [6, 6.07) is 9.77. The predicted molar refractivity (Wildman–Crippen MR) is 135 cm³/mol. The van der Waals surface area contributed by atoms with Crippen LogP contribution in [0.15, 0.2) is 59.1 Å². The van der Waals surface area contributed by atoms with Crippen molar-refractivity contribution in [1.82, 2.24) is 4.90 Å². The van der Waals surface area contributed by atoms with Crippen LogP contribution in [0, 0.1) is 11.8 Å². The van der Waals surface area contributed by atoms with Crippen molar-refractivity contribution in [2.24, 2.45) is 17.6 Å². The molecular formula is C28H30N2O7. The fraction of sp³-hybridized carbons (Fsp3) is 0.357. The first-order chi connectivity index (χ1) is 17.5. The highest BCUT2D eigenvalue weighted by Crippen LogP contribution is 2.54. The van der Waals surface area contributed by atoms with Crippen LogP contribution in [0.5, 0.6) is 11.5 Å². The number of methoxy groups -OCH3 is 1. The second-order valence-electron chi connectivity index (χ2n) is 10.3. The van der Waals surface area contributed by atoms with E-state index in [9.17, 15) is 30.0 Å². The predicted octanol–water partition coefficient (Wildman–Crippen LogP) is 2.62. The Bertz CT molecular complexity index is 1380. The molecule has 3 aliphatic rings. The zero-order chi connectivity index (χ0) is 26.8. The summed E-state index contributed by atoms with van der Waals surface area (Å²) in [7, 11) is 4.97. The molecule has 37 heavy (non-hydrogen) atoms. The number of likely N-dealkylation sites (N-methyl/N-ethyl adjacent to an activating group) is 1. The number of ether oxygens (including phenoxy) is 1. The van der Waals surface area contributed by atoms with E-state index in [1.54, 1.807) is 32.2 Å². The quantitative estimate of drug-likeness (QED) is 0.424. The third kappa shape index (κ3) is 3.60. The third-order valence-electron chi connectivity index (χ3n) is 8.11. The van der Waals surface area contributed by atoms with Crippen LogP contribution in [0.4, 0.5) is 0 Å². The van der Waals surface area contributed by atoms with Crippen LogP contribution in [0.3, 0.4) is 0 Å². The van der Waals surface area contributed by atoms with E-state index < -0.39 is 47.3 Å². The number of rotatable bonds is 4. The number of Topliss-reactive ketones (excluding diaryl/α,β-unsaturated/α-hetero) is 1. The van der Waals surface area contributed by atoms with Crippen molar-refractivity contribution in [3.05, 3.63) is 70.2 Å². The Balaban J connectivity index is 1.67. The van der Waals surface area contributed by atoms with E-state index in [0.29, 0.717) is 17.7 Å².